The van der Waals surface area contributed by atoms with Crippen LogP contribution in [0.15, 0.2) is 78.9 Å². The van der Waals surface area contributed by atoms with E-state index in [0.29, 0.717) is 25.1 Å². The zero-order chi connectivity index (χ0) is 30.8. The van der Waals surface area contributed by atoms with Crippen molar-refractivity contribution in [3.05, 3.63) is 101 Å². The Morgan fingerprint density at radius 2 is 1.67 bits per heavy atom. The topological polar surface area (TPSA) is 141 Å². The Balaban J connectivity index is 1.48. The third-order valence-corrected chi connectivity index (χ3v) is 7.77. The Morgan fingerprint density at radius 1 is 0.953 bits per heavy atom. The molecule has 1 aliphatic rings. The number of aliphatic hydroxyl groups excluding tert-OH is 2. The van der Waals surface area contributed by atoms with Crippen LogP contribution in [0.2, 0.25) is 0 Å². The van der Waals surface area contributed by atoms with Crippen molar-refractivity contribution in [1.82, 2.24) is 10.4 Å². The van der Waals surface area contributed by atoms with Crippen LogP contribution in [0.25, 0.3) is 0 Å². The molecule has 10 nitrogen and oxygen atoms in total. The van der Waals surface area contributed by atoms with Gasteiger partial charge in [0.1, 0.15) is 0 Å². The maximum atomic E-state index is 12.4. The fourth-order valence-corrected chi connectivity index (χ4v) is 5.14. The van der Waals surface area contributed by atoms with Crippen LogP contribution in [0.1, 0.15) is 73.4 Å². The Morgan fingerprint density at radius 3 is 2.37 bits per heavy atom. The van der Waals surface area contributed by atoms with Crippen LogP contribution in [-0.2, 0) is 25.7 Å². The van der Waals surface area contributed by atoms with Crippen molar-refractivity contribution >= 4 is 17.5 Å². The highest BCUT2D eigenvalue weighted by Crippen LogP contribution is 2.39. The van der Waals surface area contributed by atoms with Gasteiger partial charge in [0.25, 0.3) is 0 Å². The summed E-state index contributed by atoms with van der Waals surface area (Å²) < 4.78 is 12.9. The van der Waals surface area contributed by atoms with Gasteiger partial charge in [-0.15, -0.1) is 0 Å². The lowest BCUT2D eigenvalue weighted by Gasteiger charge is -2.39. The van der Waals surface area contributed by atoms with Crippen molar-refractivity contribution in [3.8, 4) is 0 Å². The lowest BCUT2D eigenvalue weighted by Crippen LogP contribution is -2.43. The predicted molar refractivity (Wildman–Crippen MR) is 161 cm³/mol. The second-order valence-corrected chi connectivity index (χ2v) is 10.9. The summed E-state index contributed by atoms with van der Waals surface area (Å²) in [6.45, 7) is 2.50. The molecule has 230 valence electrons. The van der Waals surface area contributed by atoms with Crippen LogP contribution in [0, 0.1) is 0 Å². The summed E-state index contributed by atoms with van der Waals surface area (Å²) in [6.07, 6.45) is -0.826. The van der Waals surface area contributed by atoms with Gasteiger partial charge >= 0.3 is 0 Å². The maximum Gasteiger partial charge on any atom is 0.243 e. The average molecular weight is 592 g/mol. The zero-order valence-electron chi connectivity index (χ0n) is 24.6. The third kappa shape index (κ3) is 9.17. The van der Waals surface area contributed by atoms with Crippen LogP contribution in [-0.4, -0.2) is 57.9 Å². The zero-order valence-corrected chi connectivity index (χ0v) is 24.6. The number of rotatable bonds is 13. The molecule has 3 aromatic carbocycles. The Hall–Kier alpha value is -3.64. The van der Waals surface area contributed by atoms with Gasteiger partial charge < -0.3 is 25.0 Å². The second kappa shape index (κ2) is 15.7. The van der Waals surface area contributed by atoms with Crippen molar-refractivity contribution in [2.45, 2.75) is 69.9 Å². The van der Waals surface area contributed by atoms with Crippen molar-refractivity contribution in [3.63, 3.8) is 0 Å². The molecule has 0 aliphatic carbocycles. The van der Waals surface area contributed by atoms with Crippen molar-refractivity contribution in [1.29, 1.82) is 0 Å². The van der Waals surface area contributed by atoms with Crippen LogP contribution in [0.5, 0.6) is 0 Å². The molecular formula is C33H41N3O7. The summed E-state index contributed by atoms with van der Waals surface area (Å²) >= 11 is 0. The van der Waals surface area contributed by atoms with E-state index in [1.165, 1.54) is 0 Å². The highest BCUT2D eigenvalue weighted by molar-refractivity contribution is 5.91. The third-order valence-electron chi connectivity index (χ3n) is 7.77. The predicted octanol–water partition coefficient (Wildman–Crippen LogP) is 4.39. The van der Waals surface area contributed by atoms with Gasteiger partial charge in [-0.25, -0.2) is 5.48 Å². The number of carbonyl (C=O) groups is 2. The summed E-state index contributed by atoms with van der Waals surface area (Å²) in [5, 5.41) is 32.0. The van der Waals surface area contributed by atoms with E-state index in [9.17, 15) is 19.8 Å². The van der Waals surface area contributed by atoms with E-state index in [1.54, 1.807) is 11.5 Å². The van der Waals surface area contributed by atoms with E-state index in [-0.39, 0.29) is 43.6 Å². The van der Waals surface area contributed by atoms with Crippen LogP contribution in [0.4, 0.5) is 5.69 Å². The standard InChI is InChI=1S/C33H41N3O7/c1-22(32(40)25-8-4-3-5-9-25)36(2)20-28-19-29(24-16-14-23(21-37)15-17-24)43-33(42-28)26-10-6-11-27(18-26)34-30(38)12-7-13-31(39)35-41/h3-6,8-11,14-18,22,28-29,32-33,37,40-41H,7,12-13,19-21H2,1-2H3,(H,34,38)(H,35,39). The molecule has 0 spiro atoms. The fourth-order valence-electron chi connectivity index (χ4n) is 5.14. The molecule has 1 aliphatic heterocycles. The van der Waals surface area contributed by atoms with E-state index in [0.717, 1.165) is 22.3 Å². The number of aliphatic hydroxyl groups is 2. The molecule has 0 radical (unpaired) electrons. The summed E-state index contributed by atoms with van der Waals surface area (Å²) in [6, 6.07) is 24.4. The quantitative estimate of drug-likeness (QED) is 0.146. The van der Waals surface area contributed by atoms with Crippen molar-refractivity contribution < 1.29 is 34.5 Å². The van der Waals surface area contributed by atoms with Gasteiger partial charge in [0.15, 0.2) is 6.29 Å². The fraction of sp³-hybridized carbons (Fsp3) is 0.394. The molecule has 0 aromatic heterocycles. The number of ether oxygens (including phenoxy) is 2. The van der Waals surface area contributed by atoms with Crippen LogP contribution < -0.4 is 10.8 Å². The van der Waals surface area contributed by atoms with Crippen LogP contribution in [0.3, 0.4) is 0 Å². The molecule has 0 saturated carbocycles. The lowest BCUT2D eigenvalue weighted by molar-refractivity contribution is -0.253. The van der Waals surface area contributed by atoms with E-state index in [1.807, 2.05) is 86.8 Å². The number of hydroxylamine groups is 1. The van der Waals surface area contributed by atoms with E-state index in [2.05, 4.69) is 10.2 Å². The summed E-state index contributed by atoms with van der Waals surface area (Å²) in [4.78, 5) is 25.7. The first-order chi connectivity index (χ1) is 20.8. The molecule has 5 atom stereocenters. The molecule has 0 bridgehead atoms. The molecule has 4 rings (SSSR count). The van der Waals surface area contributed by atoms with Crippen molar-refractivity contribution in [2.75, 3.05) is 18.9 Å². The number of hydrogen-bond donors (Lipinski definition) is 5. The normalized spacial score (nSPS) is 19.9. The highest BCUT2D eigenvalue weighted by atomic mass is 16.7. The molecule has 1 fully saturated rings. The van der Waals surface area contributed by atoms with Crippen LogP contribution >= 0.6 is 0 Å². The number of amides is 2. The summed E-state index contributed by atoms with van der Waals surface area (Å²) in [5.74, 6) is -0.785. The van der Waals surface area contributed by atoms with Gasteiger partial charge in [-0.05, 0) is 49.2 Å². The Bertz CT molecular complexity index is 1320. The van der Waals surface area contributed by atoms with Gasteiger partial charge in [0, 0.05) is 43.1 Å². The summed E-state index contributed by atoms with van der Waals surface area (Å²) in [7, 11) is 1.97. The largest absolute Gasteiger partial charge is 0.392 e. The summed E-state index contributed by atoms with van der Waals surface area (Å²) in [5.41, 5.74) is 5.50. The molecule has 5 unspecified atom stereocenters. The minimum absolute atomic E-state index is 0.0419. The van der Waals surface area contributed by atoms with Gasteiger partial charge in [-0.2, -0.15) is 0 Å². The molecule has 5 N–H and O–H groups in total. The lowest BCUT2D eigenvalue weighted by atomic mass is 9.98. The van der Waals surface area contributed by atoms with Crippen molar-refractivity contribution in [2.24, 2.45) is 0 Å². The molecule has 2 amide bonds. The SMILES string of the molecule is CC(C(O)c1ccccc1)N(C)CC1CC(c2ccc(CO)cc2)OC(c2cccc(NC(=O)CCCC(=O)NO)c2)O1. The Labute approximate surface area is 252 Å². The Kier molecular flexibility index (Phi) is 11.8. The number of benzene rings is 3. The number of likely N-dealkylation sites (N-methyl/N-ethyl adjacent to an activating group) is 1. The first-order valence-corrected chi connectivity index (χ1v) is 14.5. The maximum absolute atomic E-state index is 12.4. The molecule has 43 heavy (non-hydrogen) atoms. The first-order valence-electron chi connectivity index (χ1n) is 14.5. The smallest absolute Gasteiger partial charge is 0.243 e. The highest BCUT2D eigenvalue weighted by Gasteiger charge is 2.34. The molecule has 10 heteroatoms. The average Bonchev–Trinajstić information content (AvgIpc) is 3.04. The number of carbonyl (C=O) groups excluding carboxylic acids is 2. The van der Waals surface area contributed by atoms with Gasteiger partial charge in [-0.3, -0.25) is 19.7 Å². The molecule has 1 heterocycles. The van der Waals surface area contributed by atoms with Gasteiger partial charge in [-0.1, -0.05) is 66.7 Å². The first kappa shape index (κ1) is 32.3. The molecule has 3 aromatic rings. The number of nitrogens with zero attached hydrogens (tertiary/aromatic N) is 1. The monoisotopic (exact) mass is 591 g/mol. The number of anilines is 1. The van der Waals surface area contributed by atoms with E-state index >= 15 is 0 Å². The molecular weight excluding hydrogens is 550 g/mol. The minimum atomic E-state index is -0.714. The molecule has 1 saturated heterocycles. The van der Waals surface area contributed by atoms with Gasteiger partial charge in [0.05, 0.1) is 24.9 Å². The van der Waals surface area contributed by atoms with E-state index < -0.39 is 18.3 Å². The van der Waals surface area contributed by atoms with Gasteiger partial charge in [0.2, 0.25) is 11.8 Å². The number of nitrogens with one attached hydrogen (secondary N) is 2. The number of hydrogen-bond acceptors (Lipinski definition) is 8. The second-order valence-electron chi connectivity index (χ2n) is 10.9. The minimum Gasteiger partial charge on any atom is -0.392 e. The van der Waals surface area contributed by atoms with E-state index in [4.69, 9.17) is 14.7 Å².